The fourth-order valence-electron chi connectivity index (χ4n) is 2.69. The molecule has 140 valence electrons. The Kier molecular flexibility index (Phi) is 5.07. The molecule has 2 N–H and O–H groups in total. The topological polar surface area (TPSA) is 77.2 Å². The molecule has 0 atom stereocenters. The number of hydrogen-bond donors (Lipinski definition) is 1. The van der Waals surface area contributed by atoms with Gasteiger partial charge in [0.2, 0.25) is 0 Å². The number of amides is 1. The SMILES string of the molecule is CS(=O)(=O)c1cc(Cl)cc(-c2c(-c3c(F)cccc3F)csc2C(N)=O)c1. The fourth-order valence-corrected chi connectivity index (χ4v) is 4.60. The summed E-state index contributed by atoms with van der Waals surface area (Å²) in [6.45, 7) is 0. The molecule has 0 aliphatic carbocycles. The van der Waals surface area contributed by atoms with Gasteiger partial charge in [-0.3, -0.25) is 4.79 Å². The zero-order chi connectivity index (χ0) is 19.9. The van der Waals surface area contributed by atoms with Gasteiger partial charge in [-0.2, -0.15) is 0 Å². The number of primary amides is 1. The van der Waals surface area contributed by atoms with E-state index < -0.39 is 27.4 Å². The molecule has 0 unspecified atom stereocenters. The third-order valence-electron chi connectivity index (χ3n) is 3.84. The molecule has 0 spiro atoms. The molecule has 1 heterocycles. The molecule has 9 heteroatoms. The number of sulfone groups is 1. The van der Waals surface area contributed by atoms with Crippen LogP contribution in [0.2, 0.25) is 5.02 Å². The predicted molar refractivity (Wildman–Crippen MR) is 102 cm³/mol. The maximum atomic E-state index is 14.3. The third kappa shape index (κ3) is 3.73. The van der Waals surface area contributed by atoms with E-state index in [4.69, 9.17) is 17.3 Å². The van der Waals surface area contributed by atoms with Gasteiger partial charge in [0.1, 0.15) is 16.5 Å². The summed E-state index contributed by atoms with van der Waals surface area (Å²) in [6.07, 6.45) is 1.00. The lowest BCUT2D eigenvalue weighted by molar-refractivity contribution is 0.100. The van der Waals surface area contributed by atoms with Gasteiger partial charge in [-0.05, 0) is 35.9 Å². The van der Waals surface area contributed by atoms with Crippen LogP contribution in [0.15, 0.2) is 46.7 Å². The number of benzene rings is 2. The summed E-state index contributed by atoms with van der Waals surface area (Å²) >= 11 is 6.95. The Labute approximate surface area is 163 Å². The van der Waals surface area contributed by atoms with Crippen LogP contribution >= 0.6 is 22.9 Å². The van der Waals surface area contributed by atoms with Gasteiger partial charge in [0, 0.05) is 27.8 Å². The smallest absolute Gasteiger partial charge is 0.259 e. The molecule has 1 amide bonds. The van der Waals surface area contributed by atoms with Crippen LogP contribution in [-0.4, -0.2) is 20.6 Å². The van der Waals surface area contributed by atoms with E-state index in [9.17, 15) is 22.0 Å². The molecule has 0 saturated heterocycles. The van der Waals surface area contributed by atoms with E-state index in [1.165, 1.54) is 29.6 Å². The van der Waals surface area contributed by atoms with E-state index in [1.54, 1.807) is 0 Å². The second-order valence-corrected chi connectivity index (χ2v) is 9.09. The minimum absolute atomic E-state index is 0.0365. The van der Waals surface area contributed by atoms with Crippen molar-refractivity contribution in [2.24, 2.45) is 5.73 Å². The van der Waals surface area contributed by atoms with Crippen molar-refractivity contribution in [2.75, 3.05) is 6.26 Å². The second-order valence-electron chi connectivity index (χ2n) is 5.76. The maximum absolute atomic E-state index is 14.3. The van der Waals surface area contributed by atoms with Crippen LogP contribution in [-0.2, 0) is 9.84 Å². The molecule has 27 heavy (non-hydrogen) atoms. The summed E-state index contributed by atoms with van der Waals surface area (Å²) in [5, 5.41) is 1.49. The fraction of sp³-hybridized carbons (Fsp3) is 0.0556. The van der Waals surface area contributed by atoms with Crippen molar-refractivity contribution >= 4 is 38.7 Å². The standard InChI is InChI=1S/C18H12ClF2NO3S2/c1-27(24,25)11-6-9(5-10(19)7-11)15-12(8-26-17(15)18(22)23)16-13(20)3-2-4-14(16)21/h2-8H,1H3,(H2,22,23). The van der Waals surface area contributed by atoms with Crippen molar-refractivity contribution in [3.8, 4) is 22.3 Å². The summed E-state index contributed by atoms with van der Waals surface area (Å²) in [5.74, 6) is -2.45. The quantitative estimate of drug-likeness (QED) is 0.665. The van der Waals surface area contributed by atoms with Gasteiger partial charge in [-0.1, -0.05) is 17.7 Å². The van der Waals surface area contributed by atoms with Crippen LogP contribution in [0.4, 0.5) is 8.78 Å². The molecule has 0 radical (unpaired) electrons. The average molecular weight is 428 g/mol. The number of hydrogen-bond acceptors (Lipinski definition) is 4. The second kappa shape index (κ2) is 7.03. The van der Waals surface area contributed by atoms with E-state index in [0.717, 1.165) is 29.7 Å². The first-order valence-electron chi connectivity index (χ1n) is 7.46. The van der Waals surface area contributed by atoms with E-state index in [0.29, 0.717) is 0 Å². The van der Waals surface area contributed by atoms with Crippen LogP contribution in [0.5, 0.6) is 0 Å². The Hall–Kier alpha value is -2.29. The van der Waals surface area contributed by atoms with E-state index in [1.807, 2.05) is 0 Å². The van der Waals surface area contributed by atoms with Gasteiger partial charge in [0.05, 0.1) is 10.5 Å². The van der Waals surface area contributed by atoms with Crippen LogP contribution in [0.25, 0.3) is 22.3 Å². The van der Waals surface area contributed by atoms with Gasteiger partial charge >= 0.3 is 0 Å². The lowest BCUT2D eigenvalue weighted by Gasteiger charge is -2.11. The zero-order valence-electron chi connectivity index (χ0n) is 13.8. The first-order valence-corrected chi connectivity index (χ1v) is 10.6. The minimum Gasteiger partial charge on any atom is -0.365 e. The number of thiophene rings is 1. The molecule has 3 rings (SSSR count). The normalized spacial score (nSPS) is 11.6. The molecule has 0 aliphatic rings. The largest absolute Gasteiger partial charge is 0.365 e. The highest BCUT2D eigenvalue weighted by Gasteiger charge is 2.24. The van der Waals surface area contributed by atoms with Crippen LogP contribution in [0.1, 0.15) is 9.67 Å². The highest BCUT2D eigenvalue weighted by atomic mass is 35.5. The molecule has 0 fully saturated rings. The van der Waals surface area contributed by atoms with Crippen molar-refractivity contribution in [2.45, 2.75) is 4.90 Å². The lowest BCUT2D eigenvalue weighted by atomic mass is 9.96. The number of carbonyl (C=O) groups excluding carboxylic acids is 1. The molecular formula is C18H12ClF2NO3S2. The maximum Gasteiger partial charge on any atom is 0.259 e. The van der Waals surface area contributed by atoms with Crippen molar-refractivity contribution in [3.05, 3.63) is 63.3 Å². The Bertz CT molecular complexity index is 1150. The summed E-state index contributed by atoms with van der Waals surface area (Å²) in [4.78, 5) is 11.8. The molecule has 2 aromatic carbocycles. The Morgan fingerprint density at radius 3 is 2.30 bits per heavy atom. The summed E-state index contributed by atoms with van der Waals surface area (Å²) in [7, 11) is -3.61. The van der Waals surface area contributed by atoms with Crippen LogP contribution in [0, 0.1) is 11.6 Å². The first kappa shape index (κ1) is 19.5. The van der Waals surface area contributed by atoms with Gasteiger partial charge < -0.3 is 5.73 Å². The first-order chi connectivity index (χ1) is 12.6. The van der Waals surface area contributed by atoms with Crippen molar-refractivity contribution in [3.63, 3.8) is 0 Å². The predicted octanol–water partition coefficient (Wildman–Crippen LogP) is 4.52. The van der Waals surface area contributed by atoms with E-state index in [-0.39, 0.29) is 37.0 Å². The summed E-state index contributed by atoms with van der Waals surface area (Å²) < 4.78 is 52.5. The van der Waals surface area contributed by atoms with Crippen LogP contribution in [0.3, 0.4) is 0 Å². The molecule has 3 aromatic rings. The Balaban J connectivity index is 2.39. The molecule has 4 nitrogen and oxygen atoms in total. The Morgan fingerprint density at radius 2 is 1.74 bits per heavy atom. The van der Waals surface area contributed by atoms with Crippen molar-refractivity contribution in [1.82, 2.24) is 0 Å². The van der Waals surface area contributed by atoms with Gasteiger partial charge in [-0.15, -0.1) is 11.3 Å². The lowest BCUT2D eigenvalue weighted by Crippen LogP contribution is -2.10. The van der Waals surface area contributed by atoms with Crippen LogP contribution < -0.4 is 5.73 Å². The minimum atomic E-state index is -3.61. The molecule has 1 aromatic heterocycles. The van der Waals surface area contributed by atoms with E-state index >= 15 is 0 Å². The van der Waals surface area contributed by atoms with Gasteiger partial charge in [-0.25, -0.2) is 17.2 Å². The number of carbonyl (C=O) groups is 1. The molecule has 0 saturated carbocycles. The summed E-state index contributed by atoms with van der Waals surface area (Å²) in [6, 6.07) is 7.34. The highest BCUT2D eigenvalue weighted by molar-refractivity contribution is 7.90. The molecular weight excluding hydrogens is 416 g/mol. The summed E-state index contributed by atoms with van der Waals surface area (Å²) in [5.41, 5.74) is 5.51. The number of nitrogens with two attached hydrogens (primary N) is 1. The number of halogens is 3. The van der Waals surface area contributed by atoms with Crippen molar-refractivity contribution < 1.29 is 22.0 Å². The third-order valence-corrected chi connectivity index (χ3v) is 6.14. The van der Waals surface area contributed by atoms with Gasteiger partial charge in [0.15, 0.2) is 9.84 Å². The van der Waals surface area contributed by atoms with Crippen molar-refractivity contribution in [1.29, 1.82) is 0 Å². The van der Waals surface area contributed by atoms with E-state index in [2.05, 4.69) is 0 Å². The number of rotatable bonds is 4. The molecule has 0 bridgehead atoms. The monoisotopic (exact) mass is 427 g/mol. The highest BCUT2D eigenvalue weighted by Crippen LogP contribution is 2.42. The Morgan fingerprint density at radius 1 is 1.11 bits per heavy atom. The average Bonchev–Trinajstić information content (AvgIpc) is 2.98. The van der Waals surface area contributed by atoms with Gasteiger partial charge in [0.25, 0.3) is 5.91 Å². The zero-order valence-corrected chi connectivity index (χ0v) is 16.2. The molecule has 0 aliphatic heterocycles.